The third kappa shape index (κ3) is 5.20. The van der Waals surface area contributed by atoms with Gasteiger partial charge in [0.15, 0.2) is 23.2 Å². The standard InChI is InChI=1S/C26H28F4O/c1-3-5-6-7-17-8-10-18(11-9-17)19-12-13-20(24(28)23(19)27)21-14-15-22(31-16-4-2)26(30)25(21)29/h3-5,12-18H,6-11H2,1-2H3/b5-3+,16-4+. The maximum atomic E-state index is 14.9. The second-order valence-corrected chi connectivity index (χ2v) is 8.02. The summed E-state index contributed by atoms with van der Waals surface area (Å²) in [6.07, 6.45) is 12.7. The van der Waals surface area contributed by atoms with Crippen molar-refractivity contribution < 1.29 is 22.3 Å². The maximum absolute atomic E-state index is 14.9. The third-order valence-corrected chi connectivity index (χ3v) is 6.04. The van der Waals surface area contributed by atoms with Crippen molar-refractivity contribution in [3.8, 4) is 16.9 Å². The Hall–Kier alpha value is -2.56. The second-order valence-electron chi connectivity index (χ2n) is 8.02. The van der Waals surface area contributed by atoms with E-state index in [1.807, 2.05) is 13.0 Å². The van der Waals surface area contributed by atoms with E-state index in [-0.39, 0.29) is 22.8 Å². The highest BCUT2D eigenvalue weighted by Gasteiger charge is 2.27. The summed E-state index contributed by atoms with van der Waals surface area (Å²) < 4.78 is 63.6. The fourth-order valence-corrected chi connectivity index (χ4v) is 4.32. The fraction of sp³-hybridized carbons (Fsp3) is 0.385. The van der Waals surface area contributed by atoms with E-state index in [0.29, 0.717) is 11.5 Å². The van der Waals surface area contributed by atoms with Crippen LogP contribution in [-0.4, -0.2) is 0 Å². The first-order valence-corrected chi connectivity index (χ1v) is 10.8. The molecule has 0 aromatic heterocycles. The van der Waals surface area contributed by atoms with Crippen LogP contribution in [0.5, 0.6) is 5.75 Å². The predicted octanol–water partition coefficient (Wildman–Crippen LogP) is 8.45. The number of hydrogen-bond donors (Lipinski definition) is 0. The summed E-state index contributed by atoms with van der Waals surface area (Å²) in [6, 6.07) is 5.26. The number of rotatable bonds is 7. The van der Waals surface area contributed by atoms with Crippen LogP contribution in [0, 0.1) is 29.2 Å². The molecule has 0 aliphatic heterocycles. The summed E-state index contributed by atoms with van der Waals surface area (Å²) >= 11 is 0. The Bertz CT molecular complexity index is 956. The van der Waals surface area contributed by atoms with Gasteiger partial charge in [0.1, 0.15) is 0 Å². The SMILES string of the molecule is C/C=C/CCC1CCC(c2ccc(-c3ccc(O/C=C/C)c(F)c3F)c(F)c2F)CC1. The molecule has 1 aliphatic carbocycles. The summed E-state index contributed by atoms with van der Waals surface area (Å²) in [6.45, 7) is 3.67. The Kier molecular flexibility index (Phi) is 7.94. The van der Waals surface area contributed by atoms with Gasteiger partial charge in [0.05, 0.1) is 6.26 Å². The van der Waals surface area contributed by atoms with Crippen molar-refractivity contribution in [2.45, 2.75) is 58.3 Å². The van der Waals surface area contributed by atoms with Crippen molar-refractivity contribution in [1.82, 2.24) is 0 Å². The number of hydrogen-bond acceptors (Lipinski definition) is 1. The molecule has 0 N–H and O–H groups in total. The van der Waals surface area contributed by atoms with Gasteiger partial charge in [0.25, 0.3) is 0 Å². The fourth-order valence-electron chi connectivity index (χ4n) is 4.32. The van der Waals surface area contributed by atoms with Crippen molar-refractivity contribution in [3.05, 3.63) is 77.6 Å². The van der Waals surface area contributed by atoms with Gasteiger partial charge in [0, 0.05) is 11.1 Å². The Morgan fingerprint density at radius 2 is 1.45 bits per heavy atom. The van der Waals surface area contributed by atoms with E-state index < -0.39 is 23.3 Å². The lowest BCUT2D eigenvalue weighted by molar-refractivity contribution is 0.306. The van der Waals surface area contributed by atoms with Crippen LogP contribution in [-0.2, 0) is 0 Å². The van der Waals surface area contributed by atoms with E-state index in [2.05, 4.69) is 6.08 Å². The van der Waals surface area contributed by atoms with Gasteiger partial charge in [-0.25, -0.2) is 13.2 Å². The molecule has 0 radical (unpaired) electrons. The Balaban J connectivity index is 1.80. The lowest BCUT2D eigenvalue weighted by atomic mass is 9.77. The Labute approximate surface area is 181 Å². The van der Waals surface area contributed by atoms with Gasteiger partial charge in [0.2, 0.25) is 5.82 Å². The number of benzene rings is 2. The summed E-state index contributed by atoms with van der Waals surface area (Å²) in [5, 5.41) is 0. The van der Waals surface area contributed by atoms with Crippen molar-refractivity contribution in [1.29, 1.82) is 0 Å². The molecule has 2 aromatic carbocycles. The smallest absolute Gasteiger partial charge is 0.201 e. The first-order chi connectivity index (χ1) is 15.0. The maximum Gasteiger partial charge on any atom is 0.201 e. The van der Waals surface area contributed by atoms with E-state index >= 15 is 0 Å². The molecule has 31 heavy (non-hydrogen) atoms. The number of allylic oxidation sites excluding steroid dienone is 3. The van der Waals surface area contributed by atoms with Gasteiger partial charge in [-0.1, -0.05) is 30.4 Å². The van der Waals surface area contributed by atoms with Gasteiger partial charge in [-0.15, -0.1) is 0 Å². The number of ether oxygens (including phenoxy) is 1. The van der Waals surface area contributed by atoms with E-state index in [1.54, 1.807) is 6.92 Å². The quantitative estimate of drug-likeness (QED) is 0.242. The zero-order valence-electron chi connectivity index (χ0n) is 17.9. The molecule has 0 heterocycles. The Morgan fingerprint density at radius 3 is 2.10 bits per heavy atom. The van der Waals surface area contributed by atoms with Gasteiger partial charge in [-0.2, -0.15) is 4.39 Å². The van der Waals surface area contributed by atoms with Crippen LogP contribution in [0.4, 0.5) is 17.6 Å². The number of halogens is 4. The van der Waals surface area contributed by atoms with Crippen molar-refractivity contribution in [2.24, 2.45) is 5.92 Å². The summed E-state index contributed by atoms with van der Waals surface area (Å²) in [5.74, 6) is -4.38. The minimum absolute atomic E-state index is 0.0558. The lowest BCUT2D eigenvalue weighted by Crippen LogP contribution is -2.15. The molecule has 0 saturated heterocycles. The van der Waals surface area contributed by atoms with Gasteiger partial charge in [-0.3, -0.25) is 0 Å². The topological polar surface area (TPSA) is 9.23 Å². The summed E-state index contributed by atoms with van der Waals surface area (Å²) in [5.41, 5.74) is -0.307. The highest BCUT2D eigenvalue weighted by molar-refractivity contribution is 5.66. The molecule has 0 spiro atoms. The zero-order valence-corrected chi connectivity index (χ0v) is 17.9. The lowest BCUT2D eigenvalue weighted by Gasteiger charge is -2.29. The van der Waals surface area contributed by atoms with E-state index in [4.69, 9.17) is 4.74 Å². The molecular weight excluding hydrogens is 404 g/mol. The highest BCUT2D eigenvalue weighted by atomic mass is 19.2. The molecule has 1 aliphatic rings. The molecule has 0 unspecified atom stereocenters. The van der Waals surface area contributed by atoms with Crippen molar-refractivity contribution >= 4 is 0 Å². The van der Waals surface area contributed by atoms with E-state index in [0.717, 1.165) is 38.5 Å². The van der Waals surface area contributed by atoms with Crippen LogP contribution < -0.4 is 4.74 Å². The average molecular weight is 433 g/mol. The zero-order chi connectivity index (χ0) is 22.4. The molecule has 5 heteroatoms. The predicted molar refractivity (Wildman–Crippen MR) is 116 cm³/mol. The van der Waals surface area contributed by atoms with Crippen LogP contribution >= 0.6 is 0 Å². The van der Waals surface area contributed by atoms with E-state index in [1.165, 1.54) is 36.6 Å². The highest BCUT2D eigenvalue weighted by Crippen LogP contribution is 2.41. The normalized spacial score (nSPS) is 19.4. The molecule has 1 fully saturated rings. The molecule has 3 rings (SSSR count). The molecule has 0 bridgehead atoms. The van der Waals surface area contributed by atoms with Gasteiger partial charge >= 0.3 is 0 Å². The molecule has 1 saturated carbocycles. The third-order valence-electron chi connectivity index (χ3n) is 6.04. The summed E-state index contributed by atoms with van der Waals surface area (Å²) in [7, 11) is 0. The van der Waals surface area contributed by atoms with Crippen LogP contribution in [0.15, 0.2) is 48.8 Å². The van der Waals surface area contributed by atoms with Gasteiger partial charge in [-0.05, 0) is 81.9 Å². The largest absolute Gasteiger partial charge is 0.462 e. The molecular formula is C26H28F4O. The molecule has 0 atom stereocenters. The van der Waals surface area contributed by atoms with Crippen LogP contribution in [0.2, 0.25) is 0 Å². The van der Waals surface area contributed by atoms with Crippen molar-refractivity contribution in [2.75, 3.05) is 0 Å². The molecule has 2 aromatic rings. The van der Waals surface area contributed by atoms with Gasteiger partial charge < -0.3 is 4.74 Å². The minimum atomic E-state index is -1.27. The Morgan fingerprint density at radius 1 is 0.806 bits per heavy atom. The first kappa shape index (κ1) is 23.1. The molecule has 1 nitrogen and oxygen atoms in total. The minimum Gasteiger partial charge on any atom is -0.462 e. The van der Waals surface area contributed by atoms with Crippen molar-refractivity contribution in [3.63, 3.8) is 0 Å². The van der Waals surface area contributed by atoms with E-state index in [9.17, 15) is 17.6 Å². The van der Waals surface area contributed by atoms with Crippen LogP contribution in [0.25, 0.3) is 11.1 Å². The molecule has 0 amide bonds. The monoisotopic (exact) mass is 432 g/mol. The second kappa shape index (κ2) is 10.7. The van der Waals surface area contributed by atoms with Crippen LogP contribution in [0.3, 0.4) is 0 Å². The molecule has 166 valence electrons. The average Bonchev–Trinajstić information content (AvgIpc) is 2.78. The van der Waals surface area contributed by atoms with Crippen LogP contribution in [0.1, 0.15) is 63.9 Å². The first-order valence-electron chi connectivity index (χ1n) is 10.8. The summed E-state index contributed by atoms with van der Waals surface area (Å²) in [4.78, 5) is 0.